The van der Waals surface area contributed by atoms with Crippen molar-refractivity contribution in [2.75, 3.05) is 0 Å². The maximum Gasteiger partial charge on any atom is 0.292 e. The van der Waals surface area contributed by atoms with Crippen molar-refractivity contribution in [3.63, 3.8) is 0 Å². The SMILES string of the molecule is N=C(c1ccc(OCc2ccccc2)cc1)c1c(O)oc2ccc(O)cc12. The number of ether oxygens (including phenoxy) is 1. The molecule has 0 amide bonds. The predicted molar refractivity (Wildman–Crippen MR) is 103 cm³/mol. The molecule has 1 heterocycles. The van der Waals surface area contributed by atoms with Crippen molar-refractivity contribution in [2.24, 2.45) is 0 Å². The number of hydrogen-bond acceptors (Lipinski definition) is 5. The van der Waals surface area contributed by atoms with Crippen LogP contribution in [0.2, 0.25) is 0 Å². The summed E-state index contributed by atoms with van der Waals surface area (Å²) in [6.45, 7) is 0.462. The molecule has 3 N–H and O–H groups in total. The zero-order valence-corrected chi connectivity index (χ0v) is 14.3. The van der Waals surface area contributed by atoms with Crippen molar-refractivity contribution in [1.29, 1.82) is 5.41 Å². The number of aromatic hydroxyl groups is 2. The van der Waals surface area contributed by atoms with Crippen molar-refractivity contribution < 1.29 is 19.4 Å². The molecule has 4 aromatic rings. The summed E-state index contributed by atoms with van der Waals surface area (Å²) < 4.78 is 11.0. The van der Waals surface area contributed by atoms with Gasteiger partial charge in [-0.25, -0.2) is 0 Å². The number of phenols is 1. The quantitative estimate of drug-likeness (QED) is 0.445. The normalized spacial score (nSPS) is 10.8. The lowest BCUT2D eigenvalue weighted by atomic mass is 10.0. The number of rotatable bonds is 5. The first-order valence-electron chi connectivity index (χ1n) is 8.42. The molecule has 0 saturated carbocycles. The van der Waals surface area contributed by atoms with Gasteiger partial charge >= 0.3 is 0 Å². The van der Waals surface area contributed by atoms with E-state index in [1.54, 1.807) is 30.3 Å². The minimum absolute atomic E-state index is 0.0435. The first kappa shape index (κ1) is 16.7. The average molecular weight is 359 g/mol. The van der Waals surface area contributed by atoms with Crippen LogP contribution in [0.15, 0.2) is 77.2 Å². The van der Waals surface area contributed by atoms with Gasteiger partial charge in [0, 0.05) is 10.9 Å². The first-order chi connectivity index (χ1) is 13.1. The molecular weight excluding hydrogens is 342 g/mol. The van der Waals surface area contributed by atoms with Gasteiger partial charge in [-0.3, -0.25) is 5.41 Å². The van der Waals surface area contributed by atoms with Gasteiger partial charge in [0.15, 0.2) is 0 Å². The number of benzene rings is 3. The summed E-state index contributed by atoms with van der Waals surface area (Å²) in [5.41, 5.74) is 2.44. The van der Waals surface area contributed by atoms with Crippen LogP contribution >= 0.6 is 0 Å². The van der Waals surface area contributed by atoms with Crippen LogP contribution in [0.3, 0.4) is 0 Å². The second-order valence-electron chi connectivity index (χ2n) is 6.14. The summed E-state index contributed by atoms with van der Waals surface area (Å²) >= 11 is 0. The van der Waals surface area contributed by atoms with Crippen LogP contribution in [0.4, 0.5) is 0 Å². The van der Waals surface area contributed by atoms with Crippen molar-refractivity contribution >= 4 is 16.7 Å². The Kier molecular flexibility index (Phi) is 4.26. The standard InChI is InChI=1S/C22H17NO4/c23-21(20-18-12-16(24)8-11-19(18)27-22(20)25)15-6-9-17(10-7-15)26-13-14-4-2-1-3-5-14/h1-12,23-25H,13H2. The molecule has 5 nitrogen and oxygen atoms in total. The summed E-state index contributed by atoms with van der Waals surface area (Å²) in [4.78, 5) is 0. The van der Waals surface area contributed by atoms with E-state index in [9.17, 15) is 10.2 Å². The number of nitrogens with one attached hydrogen (secondary N) is 1. The first-order valence-corrected chi connectivity index (χ1v) is 8.42. The maximum absolute atomic E-state index is 10.1. The highest BCUT2D eigenvalue weighted by molar-refractivity contribution is 6.19. The molecule has 134 valence electrons. The monoisotopic (exact) mass is 359 g/mol. The molecule has 0 aliphatic rings. The molecule has 0 radical (unpaired) electrons. The Morgan fingerprint density at radius 2 is 1.67 bits per heavy atom. The lowest BCUT2D eigenvalue weighted by molar-refractivity contribution is 0.306. The van der Waals surface area contributed by atoms with Gasteiger partial charge in [-0.15, -0.1) is 0 Å². The third-order valence-corrected chi connectivity index (χ3v) is 4.29. The molecular formula is C22H17NO4. The van der Waals surface area contributed by atoms with Gasteiger partial charge in [-0.1, -0.05) is 30.3 Å². The Balaban J connectivity index is 1.56. The minimum atomic E-state index is -0.343. The maximum atomic E-state index is 10.1. The minimum Gasteiger partial charge on any atom is -0.508 e. The van der Waals surface area contributed by atoms with Crippen LogP contribution in [0, 0.1) is 5.41 Å². The second kappa shape index (κ2) is 6.88. The van der Waals surface area contributed by atoms with E-state index >= 15 is 0 Å². The van der Waals surface area contributed by atoms with Gasteiger partial charge in [0.25, 0.3) is 5.95 Å². The molecule has 4 rings (SSSR count). The summed E-state index contributed by atoms with van der Waals surface area (Å²) in [7, 11) is 0. The molecule has 0 aliphatic carbocycles. The summed E-state index contributed by atoms with van der Waals surface area (Å²) in [5, 5.41) is 28.7. The number of hydrogen-bond donors (Lipinski definition) is 3. The van der Waals surface area contributed by atoms with E-state index in [4.69, 9.17) is 14.6 Å². The van der Waals surface area contributed by atoms with E-state index < -0.39 is 0 Å². The van der Waals surface area contributed by atoms with E-state index in [-0.39, 0.29) is 23.0 Å². The molecule has 1 aromatic heterocycles. The van der Waals surface area contributed by atoms with Gasteiger partial charge in [-0.2, -0.15) is 0 Å². The molecule has 0 bridgehead atoms. The molecule has 0 atom stereocenters. The van der Waals surface area contributed by atoms with Crippen molar-refractivity contribution in [3.05, 3.63) is 89.5 Å². The highest BCUT2D eigenvalue weighted by Crippen LogP contribution is 2.34. The zero-order valence-electron chi connectivity index (χ0n) is 14.3. The molecule has 3 aromatic carbocycles. The predicted octanol–water partition coefficient (Wildman–Crippen LogP) is 4.84. The molecule has 27 heavy (non-hydrogen) atoms. The number of fused-ring (bicyclic) bond motifs is 1. The molecule has 0 aliphatic heterocycles. The lowest BCUT2D eigenvalue weighted by Gasteiger charge is -2.08. The fraction of sp³-hybridized carbons (Fsp3) is 0.0455. The fourth-order valence-electron chi connectivity index (χ4n) is 2.92. The Hall–Kier alpha value is -3.73. The lowest BCUT2D eigenvalue weighted by Crippen LogP contribution is -2.01. The highest BCUT2D eigenvalue weighted by Gasteiger charge is 2.19. The highest BCUT2D eigenvalue weighted by atomic mass is 16.5. The Bertz CT molecular complexity index is 1100. The molecule has 0 unspecified atom stereocenters. The molecule has 0 saturated heterocycles. The van der Waals surface area contributed by atoms with Crippen LogP contribution in [0.1, 0.15) is 16.7 Å². The molecule has 0 spiro atoms. The third-order valence-electron chi connectivity index (χ3n) is 4.29. The fourth-order valence-corrected chi connectivity index (χ4v) is 2.92. The van der Waals surface area contributed by atoms with E-state index in [1.165, 1.54) is 12.1 Å². The Morgan fingerprint density at radius 1 is 0.926 bits per heavy atom. The van der Waals surface area contributed by atoms with Crippen LogP contribution < -0.4 is 4.74 Å². The van der Waals surface area contributed by atoms with E-state index in [0.29, 0.717) is 28.9 Å². The van der Waals surface area contributed by atoms with Crippen LogP contribution in [0.5, 0.6) is 17.4 Å². The number of phenolic OH excluding ortho intramolecular Hbond substituents is 1. The van der Waals surface area contributed by atoms with Crippen molar-refractivity contribution in [3.8, 4) is 17.4 Å². The second-order valence-corrected chi connectivity index (χ2v) is 6.14. The van der Waals surface area contributed by atoms with Gasteiger partial charge in [0.2, 0.25) is 0 Å². The zero-order chi connectivity index (χ0) is 18.8. The van der Waals surface area contributed by atoms with Gasteiger partial charge in [0.1, 0.15) is 23.7 Å². The summed E-state index contributed by atoms with van der Waals surface area (Å²) in [5.74, 6) is 0.390. The molecule has 0 fully saturated rings. The summed E-state index contributed by atoms with van der Waals surface area (Å²) in [6.07, 6.45) is 0. The van der Waals surface area contributed by atoms with Crippen LogP contribution in [-0.4, -0.2) is 15.9 Å². The van der Waals surface area contributed by atoms with Gasteiger partial charge < -0.3 is 19.4 Å². The topological polar surface area (TPSA) is 86.7 Å². The van der Waals surface area contributed by atoms with Gasteiger partial charge in [0.05, 0.1) is 11.3 Å². The largest absolute Gasteiger partial charge is 0.508 e. The average Bonchev–Trinajstić information content (AvgIpc) is 3.02. The van der Waals surface area contributed by atoms with Crippen molar-refractivity contribution in [1.82, 2.24) is 0 Å². The third kappa shape index (κ3) is 3.35. The van der Waals surface area contributed by atoms with E-state index in [1.807, 2.05) is 30.3 Å². The summed E-state index contributed by atoms with van der Waals surface area (Å²) in [6, 6.07) is 21.4. The Labute approximate surface area is 155 Å². The van der Waals surface area contributed by atoms with E-state index in [0.717, 1.165) is 5.56 Å². The van der Waals surface area contributed by atoms with Gasteiger partial charge in [-0.05, 0) is 48.0 Å². The smallest absolute Gasteiger partial charge is 0.292 e. The van der Waals surface area contributed by atoms with Crippen LogP contribution in [-0.2, 0) is 6.61 Å². The van der Waals surface area contributed by atoms with Crippen molar-refractivity contribution in [2.45, 2.75) is 6.61 Å². The van der Waals surface area contributed by atoms with Crippen LogP contribution in [0.25, 0.3) is 11.0 Å². The Morgan fingerprint density at radius 3 is 2.41 bits per heavy atom. The van der Waals surface area contributed by atoms with E-state index in [2.05, 4.69) is 0 Å². The molecule has 5 heteroatoms. The number of furan rings is 1.